The van der Waals surface area contributed by atoms with E-state index in [0.29, 0.717) is 0 Å². The van der Waals surface area contributed by atoms with Crippen LogP contribution in [0.4, 0.5) is 0 Å². The summed E-state index contributed by atoms with van der Waals surface area (Å²) in [5, 5.41) is 7.66. The van der Waals surface area contributed by atoms with Crippen molar-refractivity contribution in [3.63, 3.8) is 0 Å². The summed E-state index contributed by atoms with van der Waals surface area (Å²) >= 11 is 0. The maximum atomic E-state index is 9.70. The maximum absolute atomic E-state index is 9.70. The molecule has 50 valence electrons. The van der Waals surface area contributed by atoms with Gasteiger partial charge in [-0.1, -0.05) is 6.58 Å². The highest BCUT2D eigenvalue weighted by atomic mass is 35.5. The van der Waals surface area contributed by atoms with Gasteiger partial charge in [0.05, 0.1) is 0 Å². The van der Waals surface area contributed by atoms with Crippen LogP contribution in [0, 0.1) is 0 Å². The highest BCUT2D eigenvalue weighted by molar-refractivity contribution is 5.86. The van der Waals surface area contributed by atoms with E-state index in [1.807, 2.05) is 0 Å². The molecule has 0 saturated carbocycles. The molecule has 0 aliphatic heterocycles. The van der Waals surface area contributed by atoms with Crippen LogP contribution >= 0.6 is 24.8 Å². The topological polar surface area (TPSA) is 49.3 Å². The Bertz CT molecular complexity index is 75.7. The number of amides is 1. The number of hydroxylamine groups is 1. The molecule has 0 rings (SSSR count). The number of carbonyl (C=O) groups excluding carboxylic acids is 1. The monoisotopic (exact) mass is 159 g/mol. The summed E-state index contributed by atoms with van der Waals surface area (Å²) in [6.07, 6.45) is 0.972. The third kappa shape index (κ3) is 9.23. The van der Waals surface area contributed by atoms with Gasteiger partial charge in [-0.05, 0) is 6.08 Å². The minimum Gasteiger partial charge on any atom is -0.288 e. The third-order valence-corrected chi connectivity index (χ3v) is 0.296. The zero-order valence-electron chi connectivity index (χ0n) is 3.96. The van der Waals surface area contributed by atoms with Crippen LogP contribution in [0.5, 0.6) is 0 Å². The van der Waals surface area contributed by atoms with Gasteiger partial charge in [-0.3, -0.25) is 10.0 Å². The standard InChI is InChI=1S/C3H5NO2.2ClH/c1-2-3(5)4-6;;/h2,6H,1H2,(H,4,5);2*1H. The van der Waals surface area contributed by atoms with E-state index in [2.05, 4.69) is 6.58 Å². The molecule has 0 atom stereocenters. The number of carbonyl (C=O) groups is 1. The molecule has 0 aliphatic carbocycles. The van der Waals surface area contributed by atoms with Crippen LogP contribution in [0.15, 0.2) is 12.7 Å². The molecule has 0 radical (unpaired) electrons. The molecule has 0 heterocycles. The second-order valence-corrected chi connectivity index (χ2v) is 0.680. The average molecular weight is 160 g/mol. The van der Waals surface area contributed by atoms with Gasteiger partial charge in [0, 0.05) is 0 Å². The van der Waals surface area contributed by atoms with Gasteiger partial charge >= 0.3 is 0 Å². The quantitative estimate of drug-likeness (QED) is 0.333. The van der Waals surface area contributed by atoms with Crippen molar-refractivity contribution < 1.29 is 10.0 Å². The van der Waals surface area contributed by atoms with Crippen molar-refractivity contribution in [2.75, 3.05) is 0 Å². The summed E-state index contributed by atoms with van der Waals surface area (Å²) in [5.74, 6) is -0.588. The summed E-state index contributed by atoms with van der Waals surface area (Å²) in [5.41, 5.74) is 1.36. The normalized spacial score (nSPS) is 5.12. The van der Waals surface area contributed by atoms with Crippen LogP contribution in [-0.2, 0) is 4.79 Å². The summed E-state index contributed by atoms with van der Waals surface area (Å²) in [6.45, 7) is 3.06. The SMILES string of the molecule is C=CC(=O)NO.Cl.Cl. The fourth-order valence-corrected chi connectivity index (χ4v) is 0.0456. The number of halogens is 2. The van der Waals surface area contributed by atoms with E-state index >= 15 is 0 Å². The van der Waals surface area contributed by atoms with Gasteiger partial charge in [0.2, 0.25) is 0 Å². The Kier molecular flexibility index (Phi) is 19.4. The lowest BCUT2D eigenvalue weighted by Gasteiger charge is -1.81. The molecule has 0 aromatic carbocycles. The van der Waals surface area contributed by atoms with Crippen molar-refractivity contribution in [2.45, 2.75) is 0 Å². The first-order valence-electron chi connectivity index (χ1n) is 1.37. The molecule has 0 aliphatic rings. The fourth-order valence-electron chi connectivity index (χ4n) is 0.0456. The van der Waals surface area contributed by atoms with Gasteiger partial charge in [-0.2, -0.15) is 0 Å². The lowest BCUT2D eigenvalue weighted by atomic mass is 10.6. The molecule has 0 bridgehead atoms. The Morgan fingerprint density at radius 3 is 2.00 bits per heavy atom. The highest BCUT2D eigenvalue weighted by Gasteiger charge is 1.80. The van der Waals surface area contributed by atoms with Crippen LogP contribution in [-0.4, -0.2) is 11.1 Å². The van der Waals surface area contributed by atoms with E-state index in [1.165, 1.54) is 5.48 Å². The first-order chi connectivity index (χ1) is 2.81. The van der Waals surface area contributed by atoms with E-state index in [0.717, 1.165) is 6.08 Å². The lowest BCUT2D eigenvalue weighted by molar-refractivity contribution is -0.124. The van der Waals surface area contributed by atoms with E-state index in [4.69, 9.17) is 5.21 Å². The van der Waals surface area contributed by atoms with Crippen molar-refractivity contribution in [2.24, 2.45) is 0 Å². The Hall–Kier alpha value is -0.250. The molecule has 0 saturated heterocycles. The van der Waals surface area contributed by atoms with E-state index in [-0.39, 0.29) is 24.8 Å². The Morgan fingerprint density at radius 1 is 1.62 bits per heavy atom. The largest absolute Gasteiger partial charge is 0.288 e. The second-order valence-electron chi connectivity index (χ2n) is 0.680. The van der Waals surface area contributed by atoms with Gasteiger partial charge < -0.3 is 0 Å². The van der Waals surface area contributed by atoms with Gasteiger partial charge in [-0.25, -0.2) is 5.48 Å². The smallest absolute Gasteiger partial charge is 0.266 e. The van der Waals surface area contributed by atoms with E-state index in [9.17, 15) is 4.79 Å². The molecular formula is C3H7Cl2NO2. The molecule has 0 aromatic heterocycles. The predicted octanol–water partition coefficient (Wildman–Crippen LogP) is 0.521. The number of rotatable bonds is 1. The second kappa shape index (κ2) is 9.89. The molecular weight excluding hydrogens is 153 g/mol. The minimum atomic E-state index is -0.588. The van der Waals surface area contributed by atoms with Crippen LogP contribution in [0.25, 0.3) is 0 Å². The van der Waals surface area contributed by atoms with Crippen molar-refractivity contribution >= 4 is 30.7 Å². The zero-order chi connectivity index (χ0) is 4.99. The van der Waals surface area contributed by atoms with Crippen molar-refractivity contribution in [3.05, 3.63) is 12.7 Å². The average Bonchev–Trinajstić information content (AvgIpc) is 1.65. The van der Waals surface area contributed by atoms with Gasteiger partial charge in [0.25, 0.3) is 5.91 Å². The van der Waals surface area contributed by atoms with Crippen LogP contribution in [0.3, 0.4) is 0 Å². The van der Waals surface area contributed by atoms with Crippen molar-refractivity contribution in [1.29, 1.82) is 0 Å². The zero-order valence-corrected chi connectivity index (χ0v) is 5.59. The number of hydrogen-bond donors (Lipinski definition) is 2. The summed E-state index contributed by atoms with van der Waals surface area (Å²) in [7, 11) is 0. The third-order valence-electron chi connectivity index (χ3n) is 0.296. The summed E-state index contributed by atoms with van der Waals surface area (Å²) in [6, 6.07) is 0. The van der Waals surface area contributed by atoms with Crippen molar-refractivity contribution in [3.8, 4) is 0 Å². The minimum absolute atomic E-state index is 0. The maximum Gasteiger partial charge on any atom is 0.266 e. The number of hydrogen-bond acceptors (Lipinski definition) is 2. The summed E-state index contributed by atoms with van der Waals surface area (Å²) in [4.78, 5) is 9.70. The first-order valence-corrected chi connectivity index (χ1v) is 1.37. The molecule has 3 nitrogen and oxygen atoms in total. The van der Waals surface area contributed by atoms with Crippen LogP contribution < -0.4 is 5.48 Å². The van der Waals surface area contributed by atoms with E-state index in [1.54, 1.807) is 0 Å². The first kappa shape index (κ1) is 15.7. The van der Waals surface area contributed by atoms with Gasteiger partial charge in [0.1, 0.15) is 0 Å². The van der Waals surface area contributed by atoms with E-state index < -0.39 is 5.91 Å². The van der Waals surface area contributed by atoms with Gasteiger partial charge in [-0.15, -0.1) is 24.8 Å². The molecule has 0 fully saturated rings. The highest BCUT2D eigenvalue weighted by Crippen LogP contribution is 1.56. The number of nitrogens with one attached hydrogen (secondary N) is 1. The van der Waals surface area contributed by atoms with Gasteiger partial charge in [0.15, 0.2) is 0 Å². The Balaban J connectivity index is -0.000000125. The molecule has 8 heavy (non-hydrogen) atoms. The molecule has 0 spiro atoms. The van der Waals surface area contributed by atoms with Crippen molar-refractivity contribution in [1.82, 2.24) is 5.48 Å². The van der Waals surface area contributed by atoms with Crippen LogP contribution in [0.2, 0.25) is 0 Å². The Morgan fingerprint density at radius 2 is 2.00 bits per heavy atom. The molecule has 5 heteroatoms. The predicted molar refractivity (Wildman–Crippen MR) is 34.6 cm³/mol. The molecule has 2 N–H and O–H groups in total. The molecule has 0 aromatic rings. The fraction of sp³-hybridized carbons (Fsp3) is 0. The van der Waals surface area contributed by atoms with Crippen LogP contribution in [0.1, 0.15) is 0 Å². The lowest BCUT2D eigenvalue weighted by Crippen LogP contribution is -2.14. The Labute approximate surface area is 59.5 Å². The molecule has 0 unspecified atom stereocenters. The summed E-state index contributed by atoms with van der Waals surface area (Å²) < 4.78 is 0. The molecule has 1 amide bonds.